The maximum Gasteiger partial charge on any atom is 0.196 e. The predicted octanol–water partition coefficient (Wildman–Crippen LogP) is 3.95. The minimum absolute atomic E-state index is 0.243. The zero-order valence-corrected chi connectivity index (χ0v) is 13.3. The zero-order chi connectivity index (χ0) is 16.1. The van der Waals surface area contributed by atoms with Gasteiger partial charge in [-0.1, -0.05) is 23.7 Å². The van der Waals surface area contributed by atoms with E-state index in [-0.39, 0.29) is 5.78 Å². The van der Waals surface area contributed by atoms with Crippen molar-refractivity contribution in [3.8, 4) is 11.5 Å². The maximum absolute atomic E-state index is 12.7. The highest BCUT2D eigenvalue weighted by Crippen LogP contribution is 2.35. The van der Waals surface area contributed by atoms with Crippen LogP contribution in [0.2, 0.25) is 5.02 Å². The van der Waals surface area contributed by atoms with Crippen LogP contribution >= 0.6 is 11.6 Å². The molecule has 5 heteroatoms. The molecular formula is C17H18ClNO3. The monoisotopic (exact) mass is 319 g/mol. The minimum atomic E-state index is -0.243. The fraction of sp³-hybridized carbons (Fsp3) is 0.235. The largest absolute Gasteiger partial charge is 0.490 e. The van der Waals surface area contributed by atoms with E-state index in [1.54, 1.807) is 36.4 Å². The second-order valence-corrected chi connectivity index (χ2v) is 4.97. The number of rotatable bonds is 6. The lowest BCUT2D eigenvalue weighted by Crippen LogP contribution is -2.07. The lowest BCUT2D eigenvalue weighted by molar-refractivity contribution is 0.103. The number of nitrogen functional groups attached to an aromatic ring is 1. The normalized spacial score (nSPS) is 10.3. The van der Waals surface area contributed by atoms with Gasteiger partial charge in [0.05, 0.1) is 18.2 Å². The Morgan fingerprint density at radius 3 is 2.23 bits per heavy atom. The Bertz CT molecular complexity index is 686. The molecule has 0 atom stereocenters. The number of nitrogens with two attached hydrogens (primary N) is 1. The smallest absolute Gasteiger partial charge is 0.196 e. The van der Waals surface area contributed by atoms with E-state index in [9.17, 15) is 4.79 Å². The van der Waals surface area contributed by atoms with Gasteiger partial charge in [-0.25, -0.2) is 0 Å². The lowest BCUT2D eigenvalue weighted by atomic mass is 10.0. The lowest BCUT2D eigenvalue weighted by Gasteiger charge is -2.14. The molecule has 0 spiro atoms. The fourth-order valence-electron chi connectivity index (χ4n) is 2.09. The van der Waals surface area contributed by atoms with Gasteiger partial charge in [-0.05, 0) is 32.0 Å². The van der Waals surface area contributed by atoms with Crippen molar-refractivity contribution in [2.45, 2.75) is 13.8 Å². The third-order valence-electron chi connectivity index (χ3n) is 3.08. The summed E-state index contributed by atoms with van der Waals surface area (Å²) >= 11 is 6.24. The predicted molar refractivity (Wildman–Crippen MR) is 88.1 cm³/mol. The highest BCUT2D eigenvalue weighted by molar-refractivity contribution is 6.35. The molecule has 0 heterocycles. The van der Waals surface area contributed by atoms with Crippen LogP contribution in [0.15, 0.2) is 36.4 Å². The van der Waals surface area contributed by atoms with Gasteiger partial charge >= 0.3 is 0 Å². The van der Waals surface area contributed by atoms with Crippen LogP contribution in [0.3, 0.4) is 0 Å². The number of para-hydroxylation sites is 1. The van der Waals surface area contributed by atoms with Crippen molar-refractivity contribution in [1.82, 2.24) is 0 Å². The molecule has 4 nitrogen and oxygen atoms in total. The molecule has 2 N–H and O–H groups in total. The van der Waals surface area contributed by atoms with Crippen molar-refractivity contribution >= 4 is 23.1 Å². The third-order valence-corrected chi connectivity index (χ3v) is 3.40. The van der Waals surface area contributed by atoms with Crippen molar-refractivity contribution in [3.05, 3.63) is 52.5 Å². The van der Waals surface area contributed by atoms with Gasteiger partial charge in [-0.3, -0.25) is 4.79 Å². The second kappa shape index (κ2) is 7.18. The number of ketones is 1. The van der Waals surface area contributed by atoms with Gasteiger partial charge in [0.2, 0.25) is 0 Å². The van der Waals surface area contributed by atoms with Crippen LogP contribution in [-0.2, 0) is 0 Å². The highest BCUT2D eigenvalue weighted by Gasteiger charge is 2.19. The van der Waals surface area contributed by atoms with Gasteiger partial charge in [0.15, 0.2) is 17.3 Å². The summed E-state index contributed by atoms with van der Waals surface area (Å²) in [6.07, 6.45) is 0. The molecule has 22 heavy (non-hydrogen) atoms. The van der Waals surface area contributed by atoms with Gasteiger partial charge in [-0.2, -0.15) is 0 Å². The first-order valence-corrected chi connectivity index (χ1v) is 7.44. The van der Waals surface area contributed by atoms with Crippen molar-refractivity contribution in [3.63, 3.8) is 0 Å². The van der Waals surface area contributed by atoms with Crippen LogP contribution in [0.1, 0.15) is 29.8 Å². The topological polar surface area (TPSA) is 61.5 Å². The average Bonchev–Trinajstić information content (AvgIpc) is 2.50. The number of carbonyl (C=O) groups excluding carboxylic acids is 1. The van der Waals surface area contributed by atoms with Gasteiger partial charge in [0, 0.05) is 22.9 Å². The second-order valence-electron chi connectivity index (χ2n) is 4.56. The molecule has 0 aliphatic heterocycles. The molecule has 0 amide bonds. The number of hydrogen-bond donors (Lipinski definition) is 1. The molecule has 0 saturated heterocycles. The minimum Gasteiger partial charge on any atom is -0.490 e. The summed E-state index contributed by atoms with van der Waals surface area (Å²) in [7, 11) is 0. The summed E-state index contributed by atoms with van der Waals surface area (Å²) in [5, 5.41) is 0.306. The van der Waals surface area contributed by atoms with E-state index in [2.05, 4.69) is 0 Å². The molecule has 2 aromatic rings. The van der Waals surface area contributed by atoms with Crippen molar-refractivity contribution in [2.24, 2.45) is 0 Å². The fourth-order valence-corrected chi connectivity index (χ4v) is 2.33. The Morgan fingerprint density at radius 1 is 1.05 bits per heavy atom. The Kier molecular flexibility index (Phi) is 5.28. The van der Waals surface area contributed by atoms with Crippen LogP contribution < -0.4 is 15.2 Å². The van der Waals surface area contributed by atoms with E-state index in [1.165, 1.54) is 0 Å². The molecule has 2 rings (SSSR count). The van der Waals surface area contributed by atoms with E-state index in [1.807, 2.05) is 13.8 Å². The summed E-state index contributed by atoms with van der Waals surface area (Å²) in [5.74, 6) is 0.769. The van der Waals surface area contributed by atoms with Gasteiger partial charge in [0.1, 0.15) is 0 Å². The number of benzene rings is 2. The summed E-state index contributed by atoms with van der Waals surface area (Å²) in [6, 6.07) is 10.1. The van der Waals surface area contributed by atoms with Crippen molar-refractivity contribution < 1.29 is 14.3 Å². The Labute approximate surface area is 134 Å². The van der Waals surface area contributed by atoms with E-state index in [4.69, 9.17) is 26.8 Å². The van der Waals surface area contributed by atoms with Crippen LogP contribution in [0.4, 0.5) is 5.69 Å². The standard InChI is InChI=1S/C17H18ClNO3/c1-3-21-15-9-12(13(18)10-16(15)22-4-2)17(20)11-7-5-6-8-14(11)19/h5-10H,3-4,19H2,1-2H3. The molecule has 0 radical (unpaired) electrons. The number of halogens is 1. The summed E-state index contributed by atoms with van der Waals surface area (Å²) in [6.45, 7) is 4.67. The first-order valence-electron chi connectivity index (χ1n) is 7.06. The molecule has 116 valence electrons. The Morgan fingerprint density at radius 2 is 1.64 bits per heavy atom. The number of anilines is 1. The average molecular weight is 320 g/mol. The molecular weight excluding hydrogens is 302 g/mol. The molecule has 0 aliphatic carbocycles. The van der Waals surface area contributed by atoms with E-state index in [0.29, 0.717) is 46.5 Å². The number of carbonyl (C=O) groups is 1. The Hall–Kier alpha value is -2.20. The summed E-state index contributed by atoms with van der Waals surface area (Å²) < 4.78 is 11.0. The van der Waals surface area contributed by atoms with Crippen molar-refractivity contribution in [2.75, 3.05) is 18.9 Å². The molecule has 0 aromatic heterocycles. The molecule has 0 fully saturated rings. The maximum atomic E-state index is 12.7. The summed E-state index contributed by atoms with van der Waals surface area (Å²) in [5.41, 5.74) is 7.03. The van der Waals surface area contributed by atoms with E-state index < -0.39 is 0 Å². The van der Waals surface area contributed by atoms with Gasteiger partial charge in [0.25, 0.3) is 0 Å². The third kappa shape index (κ3) is 3.34. The number of hydrogen-bond acceptors (Lipinski definition) is 4. The van der Waals surface area contributed by atoms with Crippen LogP contribution in [0, 0.1) is 0 Å². The van der Waals surface area contributed by atoms with E-state index in [0.717, 1.165) is 0 Å². The van der Waals surface area contributed by atoms with Crippen LogP contribution in [-0.4, -0.2) is 19.0 Å². The number of ether oxygens (including phenoxy) is 2. The van der Waals surface area contributed by atoms with Crippen molar-refractivity contribution in [1.29, 1.82) is 0 Å². The molecule has 2 aromatic carbocycles. The quantitative estimate of drug-likeness (QED) is 0.647. The van der Waals surface area contributed by atoms with Gasteiger partial charge in [-0.15, -0.1) is 0 Å². The first-order chi connectivity index (χ1) is 10.6. The van der Waals surface area contributed by atoms with Crippen LogP contribution in [0.5, 0.6) is 11.5 Å². The van der Waals surface area contributed by atoms with Crippen LogP contribution in [0.25, 0.3) is 0 Å². The van der Waals surface area contributed by atoms with E-state index >= 15 is 0 Å². The molecule has 0 saturated carbocycles. The first kappa shape index (κ1) is 16.2. The van der Waals surface area contributed by atoms with Gasteiger partial charge < -0.3 is 15.2 Å². The zero-order valence-electron chi connectivity index (χ0n) is 12.6. The molecule has 0 aliphatic rings. The Balaban J connectivity index is 2.49. The molecule has 0 unspecified atom stereocenters. The highest BCUT2D eigenvalue weighted by atomic mass is 35.5. The SMILES string of the molecule is CCOc1cc(Cl)c(C(=O)c2ccccc2N)cc1OCC. The molecule has 0 bridgehead atoms. The summed E-state index contributed by atoms with van der Waals surface area (Å²) in [4.78, 5) is 12.7.